The summed E-state index contributed by atoms with van der Waals surface area (Å²) < 4.78 is 5.40. The summed E-state index contributed by atoms with van der Waals surface area (Å²) in [5, 5.41) is 0.650. The van der Waals surface area contributed by atoms with Crippen molar-refractivity contribution < 1.29 is 4.74 Å². The molecular weight excluding hydrogens is 279 g/mol. The number of nitrogens with zero attached hydrogens (tertiary/aromatic N) is 2. The smallest absolute Gasteiger partial charge is 0.148 e. The van der Waals surface area contributed by atoms with Crippen LogP contribution in [0.4, 0.5) is 0 Å². The molecule has 6 heteroatoms. The Morgan fingerprint density at radius 2 is 1.85 bits per heavy atom. The summed E-state index contributed by atoms with van der Waals surface area (Å²) in [6.07, 6.45) is 0.600. The Bertz CT molecular complexity index is 286. The minimum absolute atomic E-state index is 0.325. The highest BCUT2D eigenvalue weighted by molar-refractivity contribution is 9.10. The van der Waals surface area contributed by atoms with Crippen LogP contribution >= 0.6 is 39.1 Å². The van der Waals surface area contributed by atoms with Gasteiger partial charge in [-0.2, -0.15) is 0 Å². The number of methoxy groups -OCH3 is 1. The third-order valence-corrected chi connectivity index (χ3v) is 3.10. The highest BCUT2D eigenvalue weighted by atomic mass is 79.9. The third kappa shape index (κ3) is 3.06. The Hall–Kier alpha value is 0.1000. The van der Waals surface area contributed by atoms with Crippen LogP contribution < -0.4 is 0 Å². The quantitative estimate of drug-likeness (QED) is 0.801. The number of ether oxygens (including phenoxy) is 1. The molecule has 0 saturated carbocycles. The highest BCUT2D eigenvalue weighted by Gasteiger charge is 2.08. The monoisotopic (exact) mass is 284 g/mol. The van der Waals surface area contributed by atoms with Crippen molar-refractivity contribution >= 4 is 39.1 Å². The Labute approximate surface area is 94.6 Å². The largest absolute Gasteiger partial charge is 0.384 e. The van der Waals surface area contributed by atoms with E-state index in [2.05, 4.69) is 25.9 Å². The molecule has 1 aromatic heterocycles. The van der Waals surface area contributed by atoms with Gasteiger partial charge in [-0.3, -0.25) is 0 Å². The van der Waals surface area contributed by atoms with Crippen LogP contribution in [0.1, 0.15) is 5.82 Å². The van der Waals surface area contributed by atoms with Crippen molar-refractivity contribution in [3.8, 4) is 0 Å². The van der Waals surface area contributed by atoms with Gasteiger partial charge in [-0.15, -0.1) is 0 Å². The van der Waals surface area contributed by atoms with Crippen LogP contribution in [0.3, 0.4) is 0 Å². The highest BCUT2D eigenvalue weighted by Crippen LogP contribution is 2.26. The minimum atomic E-state index is 0.325. The molecule has 0 aromatic carbocycles. The van der Waals surface area contributed by atoms with Crippen LogP contribution in [0.2, 0.25) is 10.3 Å². The summed E-state index contributed by atoms with van der Waals surface area (Å²) in [5.74, 6) is 0.583. The molecule has 0 atom stereocenters. The minimum Gasteiger partial charge on any atom is -0.384 e. The van der Waals surface area contributed by atoms with Crippen molar-refractivity contribution in [1.29, 1.82) is 0 Å². The van der Waals surface area contributed by atoms with Crippen molar-refractivity contribution in [3.63, 3.8) is 0 Å². The van der Waals surface area contributed by atoms with Gasteiger partial charge < -0.3 is 4.74 Å². The first-order valence-electron chi connectivity index (χ1n) is 3.51. The zero-order chi connectivity index (χ0) is 9.84. The summed E-state index contributed by atoms with van der Waals surface area (Å²) in [6, 6.07) is 0. The van der Waals surface area contributed by atoms with E-state index in [1.807, 2.05) is 0 Å². The first-order chi connectivity index (χ1) is 6.15. The third-order valence-electron chi connectivity index (χ3n) is 1.35. The molecule has 0 aliphatic heterocycles. The van der Waals surface area contributed by atoms with Gasteiger partial charge in [-0.25, -0.2) is 9.97 Å². The van der Waals surface area contributed by atoms with Gasteiger partial charge in [0.05, 0.1) is 11.1 Å². The lowest BCUT2D eigenvalue weighted by Crippen LogP contribution is -2.01. The van der Waals surface area contributed by atoms with E-state index < -0.39 is 0 Å². The molecule has 0 saturated heterocycles. The predicted molar refractivity (Wildman–Crippen MR) is 55.3 cm³/mol. The zero-order valence-electron chi connectivity index (χ0n) is 6.85. The van der Waals surface area contributed by atoms with E-state index in [1.165, 1.54) is 0 Å². The summed E-state index contributed by atoms with van der Waals surface area (Å²) in [6.45, 7) is 0.550. The van der Waals surface area contributed by atoms with Gasteiger partial charge in [0, 0.05) is 13.5 Å². The van der Waals surface area contributed by atoms with Crippen molar-refractivity contribution in [1.82, 2.24) is 9.97 Å². The molecule has 1 rings (SSSR count). The Balaban J connectivity index is 2.86. The zero-order valence-corrected chi connectivity index (χ0v) is 9.95. The van der Waals surface area contributed by atoms with Gasteiger partial charge >= 0.3 is 0 Å². The number of halogens is 3. The Morgan fingerprint density at radius 1 is 1.31 bits per heavy atom. The van der Waals surface area contributed by atoms with Crippen LogP contribution in [-0.2, 0) is 11.2 Å². The van der Waals surface area contributed by atoms with Crippen LogP contribution in [0.5, 0.6) is 0 Å². The van der Waals surface area contributed by atoms with E-state index in [0.717, 1.165) is 0 Å². The van der Waals surface area contributed by atoms with Gasteiger partial charge in [-0.05, 0) is 15.9 Å². The number of hydrogen-bond acceptors (Lipinski definition) is 3. The molecule has 0 N–H and O–H groups in total. The van der Waals surface area contributed by atoms with Gasteiger partial charge in [0.15, 0.2) is 0 Å². The van der Waals surface area contributed by atoms with Crippen molar-refractivity contribution in [2.24, 2.45) is 0 Å². The van der Waals surface area contributed by atoms with Gasteiger partial charge in [0.1, 0.15) is 16.1 Å². The second-order valence-corrected chi connectivity index (χ2v) is 3.79. The second kappa shape index (κ2) is 5.10. The van der Waals surface area contributed by atoms with E-state index in [0.29, 0.717) is 33.6 Å². The van der Waals surface area contributed by atoms with Crippen LogP contribution in [0.25, 0.3) is 0 Å². The van der Waals surface area contributed by atoms with Crippen LogP contribution in [0, 0.1) is 0 Å². The molecule has 0 bridgehead atoms. The standard InChI is InChI=1S/C7H7BrCl2N2O/c1-13-3-2-4-11-6(9)5(8)7(10)12-4/h2-3H2,1H3. The lowest BCUT2D eigenvalue weighted by atomic mass is 10.4. The molecule has 0 spiro atoms. The topological polar surface area (TPSA) is 35.0 Å². The van der Waals surface area contributed by atoms with Crippen LogP contribution in [-0.4, -0.2) is 23.7 Å². The fourth-order valence-electron chi connectivity index (χ4n) is 0.740. The average Bonchev–Trinajstić information content (AvgIpc) is 2.10. The predicted octanol–water partition coefficient (Wildman–Crippen LogP) is 2.73. The summed E-state index contributed by atoms with van der Waals surface area (Å²) >= 11 is 14.7. The normalized spacial score (nSPS) is 10.5. The molecule has 0 amide bonds. The van der Waals surface area contributed by atoms with E-state index >= 15 is 0 Å². The lowest BCUT2D eigenvalue weighted by molar-refractivity contribution is 0.200. The van der Waals surface area contributed by atoms with Crippen molar-refractivity contribution in [2.45, 2.75) is 6.42 Å². The fraction of sp³-hybridized carbons (Fsp3) is 0.429. The molecular formula is C7H7BrCl2N2O. The van der Waals surface area contributed by atoms with Gasteiger partial charge in [0.2, 0.25) is 0 Å². The van der Waals surface area contributed by atoms with E-state index in [4.69, 9.17) is 27.9 Å². The Kier molecular flexibility index (Phi) is 4.38. The van der Waals surface area contributed by atoms with Gasteiger partial charge in [0.25, 0.3) is 0 Å². The molecule has 0 fully saturated rings. The van der Waals surface area contributed by atoms with Crippen molar-refractivity contribution in [3.05, 3.63) is 20.6 Å². The second-order valence-electron chi connectivity index (χ2n) is 2.28. The number of hydrogen-bond donors (Lipinski definition) is 0. The Morgan fingerprint density at radius 3 is 2.31 bits per heavy atom. The molecule has 3 nitrogen and oxygen atoms in total. The maximum atomic E-state index is 5.77. The molecule has 72 valence electrons. The molecule has 0 radical (unpaired) electrons. The van der Waals surface area contributed by atoms with Gasteiger partial charge in [-0.1, -0.05) is 23.2 Å². The first-order valence-corrected chi connectivity index (χ1v) is 5.06. The summed E-state index contributed by atoms with van der Waals surface area (Å²) in [5.41, 5.74) is 0. The molecule has 0 unspecified atom stereocenters. The summed E-state index contributed by atoms with van der Waals surface area (Å²) in [4.78, 5) is 8.03. The van der Waals surface area contributed by atoms with E-state index in [-0.39, 0.29) is 0 Å². The molecule has 13 heavy (non-hydrogen) atoms. The average molecular weight is 286 g/mol. The maximum absolute atomic E-state index is 5.77. The summed E-state index contributed by atoms with van der Waals surface area (Å²) in [7, 11) is 1.61. The molecule has 1 aromatic rings. The van der Waals surface area contributed by atoms with Crippen molar-refractivity contribution in [2.75, 3.05) is 13.7 Å². The molecule has 1 heterocycles. The van der Waals surface area contributed by atoms with E-state index in [9.17, 15) is 0 Å². The fourth-order valence-corrected chi connectivity index (χ4v) is 1.34. The number of rotatable bonds is 3. The maximum Gasteiger partial charge on any atom is 0.148 e. The first kappa shape index (κ1) is 11.2. The van der Waals surface area contributed by atoms with E-state index in [1.54, 1.807) is 7.11 Å². The SMILES string of the molecule is COCCc1nc(Cl)c(Br)c(Cl)n1. The molecule has 0 aliphatic carbocycles. The molecule has 0 aliphatic rings. The lowest BCUT2D eigenvalue weighted by Gasteiger charge is -2.02. The number of aromatic nitrogens is 2. The van der Waals surface area contributed by atoms with Crippen LogP contribution in [0.15, 0.2) is 4.47 Å².